The number of amides is 1. The van der Waals surface area contributed by atoms with Crippen molar-refractivity contribution in [2.24, 2.45) is 4.99 Å². The number of rotatable bonds is 3. The lowest BCUT2D eigenvalue weighted by atomic mass is 10.2. The van der Waals surface area contributed by atoms with Gasteiger partial charge in [-0.3, -0.25) is 4.79 Å². The van der Waals surface area contributed by atoms with Gasteiger partial charge in [0.1, 0.15) is 0 Å². The molecule has 104 valence electrons. The van der Waals surface area contributed by atoms with Crippen LogP contribution in [-0.2, 0) is 16.1 Å². The van der Waals surface area contributed by atoms with E-state index in [2.05, 4.69) is 11.6 Å². The van der Waals surface area contributed by atoms with Crippen LogP contribution in [0, 0.1) is 0 Å². The molecule has 0 saturated carbocycles. The highest BCUT2D eigenvalue weighted by Crippen LogP contribution is 2.20. The van der Waals surface area contributed by atoms with Gasteiger partial charge in [-0.15, -0.1) is 6.58 Å². The van der Waals surface area contributed by atoms with Gasteiger partial charge >= 0.3 is 5.97 Å². The number of esters is 1. The van der Waals surface area contributed by atoms with Crippen molar-refractivity contribution in [3.8, 4) is 0 Å². The molecule has 5 nitrogen and oxygen atoms in total. The molecule has 0 atom stereocenters. The molecule has 0 aliphatic rings. The van der Waals surface area contributed by atoms with Crippen LogP contribution in [-0.4, -0.2) is 23.6 Å². The molecular formula is C14H14N2O3S. The molecule has 0 N–H and O–H groups in total. The van der Waals surface area contributed by atoms with Crippen LogP contribution < -0.4 is 4.80 Å². The summed E-state index contributed by atoms with van der Waals surface area (Å²) in [6, 6.07) is 5.25. The lowest BCUT2D eigenvalue weighted by molar-refractivity contribution is -0.116. The maximum Gasteiger partial charge on any atom is 0.337 e. The maximum absolute atomic E-state index is 11.5. The normalized spacial score (nSPS) is 11.6. The first-order valence-electron chi connectivity index (χ1n) is 5.94. The fourth-order valence-corrected chi connectivity index (χ4v) is 2.97. The number of thiazole rings is 1. The summed E-state index contributed by atoms with van der Waals surface area (Å²) in [4.78, 5) is 27.3. The molecule has 2 rings (SSSR count). The monoisotopic (exact) mass is 290 g/mol. The fraction of sp³-hybridized carbons (Fsp3) is 0.214. The second-order valence-corrected chi connectivity index (χ2v) is 5.10. The molecule has 1 amide bonds. The summed E-state index contributed by atoms with van der Waals surface area (Å²) in [6.07, 6.45) is 1.74. The van der Waals surface area contributed by atoms with Crippen LogP contribution in [0.4, 0.5) is 0 Å². The predicted octanol–water partition coefficient (Wildman–Crippen LogP) is 2.12. The minimum atomic E-state index is -0.388. The van der Waals surface area contributed by atoms with Gasteiger partial charge in [0.15, 0.2) is 4.80 Å². The van der Waals surface area contributed by atoms with Crippen molar-refractivity contribution < 1.29 is 14.3 Å². The summed E-state index contributed by atoms with van der Waals surface area (Å²) < 4.78 is 7.45. The summed E-state index contributed by atoms with van der Waals surface area (Å²) in [6.45, 7) is 5.66. The van der Waals surface area contributed by atoms with E-state index in [-0.39, 0.29) is 11.9 Å². The average Bonchev–Trinajstić information content (AvgIpc) is 2.74. The van der Waals surface area contributed by atoms with Crippen molar-refractivity contribution in [1.82, 2.24) is 4.57 Å². The molecule has 1 aromatic carbocycles. The molecule has 0 aliphatic heterocycles. The highest BCUT2D eigenvalue weighted by Gasteiger charge is 2.10. The number of hydrogen-bond donors (Lipinski definition) is 0. The van der Waals surface area contributed by atoms with E-state index in [0.29, 0.717) is 16.9 Å². The van der Waals surface area contributed by atoms with Gasteiger partial charge in [0.2, 0.25) is 5.91 Å². The van der Waals surface area contributed by atoms with E-state index < -0.39 is 0 Å². The van der Waals surface area contributed by atoms with E-state index in [1.807, 2.05) is 10.6 Å². The Bertz CT molecular complexity index is 755. The number of carbonyl (C=O) groups is 2. The smallest absolute Gasteiger partial charge is 0.337 e. The Morgan fingerprint density at radius 2 is 2.25 bits per heavy atom. The average molecular weight is 290 g/mol. The van der Waals surface area contributed by atoms with Gasteiger partial charge in [-0.25, -0.2) is 4.79 Å². The van der Waals surface area contributed by atoms with Crippen molar-refractivity contribution in [3.63, 3.8) is 0 Å². The van der Waals surface area contributed by atoms with Gasteiger partial charge in [-0.1, -0.05) is 17.4 Å². The summed E-state index contributed by atoms with van der Waals surface area (Å²) in [5, 5.41) is 0. The second-order valence-electron chi connectivity index (χ2n) is 4.09. The fourth-order valence-electron chi connectivity index (χ4n) is 1.84. The number of ether oxygens (including phenoxy) is 1. The van der Waals surface area contributed by atoms with Gasteiger partial charge in [0.25, 0.3) is 0 Å². The zero-order chi connectivity index (χ0) is 14.7. The molecule has 0 bridgehead atoms. The largest absolute Gasteiger partial charge is 0.465 e. The highest BCUT2D eigenvalue weighted by atomic mass is 32.1. The third-order valence-corrected chi connectivity index (χ3v) is 3.71. The zero-order valence-corrected chi connectivity index (χ0v) is 12.1. The second kappa shape index (κ2) is 5.83. The van der Waals surface area contributed by atoms with Crippen LogP contribution >= 0.6 is 11.3 Å². The Labute approximate surface area is 119 Å². The van der Waals surface area contributed by atoms with E-state index in [1.54, 1.807) is 18.2 Å². The van der Waals surface area contributed by atoms with Gasteiger partial charge in [0, 0.05) is 13.5 Å². The number of aromatic nitrogens is 1. The Balaban J connectivity index is 2.70. The topological polar surface area (TPSA) is 60.7 Å². The lowest BCUT2D eigenvalue weighted by Crippen LogP contribution is -2.15. The van der Waals surface area contributed by atoms with Crippen LogP contribution in [0.3, 0.4) is 0 Å². The molecular weight excluding hydrogens is 276 g/mol. The van der Waals surface area contributed by atoms with Crippen LogP contribution in [0.15, 0.2) is 35.8 Å². The maximum atomic E-state index is 11.5. The zero-order valence-electron chi connectivity index (χ0n) is 11.3. The minimum absolute atomic E-state index is 0.262. The van der Waals surface area contributed by atoms with Gasteiger partial charge < -0.3 is 9.30 Å². The van der Waals surface area contributed by atoms with E-state index in [1.165, 1.54) is 25.4 Å². The molecule has 1 heterocycles. The Hall–Kier alpha value is -2.21. The number of nitrogens with zero attached hydrogens (tertiary/aromatic N) is 2. The molecule has 1 aromatic heterocycles. The number of methoxy groups -OCH3 is 1. The third kappa shape index (κ3) is 2.70. The lowest BCUT2D eigenvalue weighted by Gasteiger charge is -2.02. The first-order chi connectivity index (χ1) is 9.56. The standard InChI is InChI=1S/C14H14N2O3S/c1-4-7-16-11-6-5-10(13(18)19-3)8-12(11)20-14(16)15-9(2)17/h4-6,8H,1,7H2,2-3H3. The SMILES string of the molecule is C=CCn1c(=NC(C)=O)sc2cc(C(=O)OC)ccc21. The van der Waals surface area contributed by atoms with Crippen molar-refractivity contribution in [2.45, 2.75) is 13.5 Å². The molecule has 0 spiro atoms. The van der Waals surface area contributed by atoms with Crippen molar-refractivity contribution in [2.75, 3.05) is 7.11 Å². The molecule has 0 fully saturated rings. The highest BCUT2D eigenvalue weighted by molar-refractivity contribution is 7.16. The van der Waals surface area contributed by atoms with Crippen LogP contribution in [0.25, 0.3) is 10.2 Å². The summed E-state index contributed by atoms with van der Waals surface area (Å²) in [5.41, 5.74) is 1.38. The molecule has 0 aliphatic carbocycles. The Morgan fingerprint density at radius 3 is 2.85 bits per heavy atom. The molecule has 0 saturated heterocycles. The third-order valence-electron chi connectivity index (χ3n) is 2.67. The van der Waals surface area contributed by atoms with E-state index in [4.69, 9.17) is 4.74 Å². The first-order valence-corrected chi connectivity index (χ1v) is 6.76. The molecule has 0 radical (unpaired) electrons. The molecule has 6 heteroatoms. The summed E-state index contributed by atoms with van der Waals surface area (Å²) in [7, 11) is 1.34. The number of benzene rings is 1. The molecule has 20 heavy (non-hydrogen) atoms. The number of fused-ring (bicyclic) bond motifs is 1. The number of allylic oxidation sites excluding steroid dienone is 1. The van der Waals surface area contributed by atoms with E-state index in [0.717, 1.165) is 10.2 Å². The van der Waals surface area contributed by atoms with E-state index >= 15 is 0 Å². The number of hydrogen-bond acceptors (Lipinski definition) is 4. The van der Waals surface area contributed by atoms with Gasteiger partial charge in [0.05, 0.1) is 22.9 Å². The van der Waals surface area contributed by atoms with Crippen LogP contribution in [0.5, 0.6) is 0 Å². The van der Waals surface area contributed by atoms with Crippen LogP contribution in [0.2, 0.25) is 0 Å². The van der Waals surface area contributed by atoms with Crippen molar-refractivity contribution in [1.29, 1.82) is 0 Å². The summed E-state index contributed by atoms with van der Waals surface area (Å²) >= 11 is 1.35. The predicted molar refractivity (Wildman–Crippen MR) is 77.6 cm³/mol. The number of carbonyl (C=O) groups excluding carboxylic acids is 2. The molecule has 2 aromatic rings. The molecule has 0 unspecified atom stereocenters. The first kappa shape index (κ1) is 14.2. The van der Waals surface area contributed by atoms with Gasteiger partial charge in [-0.05, 0) is 18.2 Å². The Morgan fingerprint density at radius 1 is 1.50 bits per heavy atom. The van der Waals surface area contributed by atoms with Gasteiger partial charge in [-0.2, -0.15) is 4.99 Å². The quantitative estimate of drug-likeness (QED) is 0.642. The van der Waals surface area contributed by atoms with Crippen molar-refractivity contribution >= 4 is 33.4 Å². The Kier molecular flexibility index (Phi) is 4.14. The summed E-state index contributed by atoms with van der Waals surface area (Å²) in [5.74, 6) is -0.650. The van der Waals surface area contributed by atoms with Crippen LogP contribution in [0.1, 0.15) is 17.3 Å². The van der Waals surface area contributed by atoms with Crippen molar-refractivity contribution in [3.05, 3.63) is 41.2 Å². The van der Waals surface area contributed by atoms with E-state index in [9.17, 15) is 9.59 Å². The minimum Gasteiger partial charge on any atom is -0.465 e.